The molecule has 0 aliphatic carbocycles. The average Bonchev–Trinajstić information content (AvgIpc) is 3.63. The molecule has 0 fully saturated rings. The van der Waals surface area contributed by atoms with Crippen LogP contribution in [0.4, 0.5) is 13.2 Å². The molecule has 5 rings (SSSR count). The largest absolute Gasteiger partial charge is 0.494 e. The van der Waals surface area contributed by atoms with Crippen molar-refractivity contribution >= 4 is 17.2 Å². The summed E-state index contributed by atoms with van der Waals surface area (Å²) < 4.78 is 44.8. The minimum atomic E-state index is -4.33. The smallest absolute Gasteiger partial charge is 0.435 e. The molecule has 5 aromatic rings. The van der Waals surface area contributed by atoms with Crippen LogP contribution < -0.4 is 4.74 Å². The van der Waals surface area contributed by atoms with Crippen molar-refractivity contribution in [1.82, 2.24) is 24.3 Å². The van der Waals surface area contributed by atoms with E-state index in [0.29, 0.717) is 0 Å². The van der Waals surface area contributed by atoms with Gasteiger partial charge in [-0.05, 0) is 84.8 Å². The SMILES string of the molecule is CC=O.CCC.CCCc1ccc(Cn2ccnc2)cc1-c1ccnc2c(OC)cc(C)cc12.Cc1cn(C)nc1C(F)(F)F. The van der Waals surface area contributed by atoms with Gasteiger partial charge in [-0.25, -0.2) is 4.98 Å². The number of ether oxygens (including phenoxy) is 1. The normalized spacial score (nSPS) is 10.6. The van der Waals surface area contributed by atoms with E-state index >= 15 is 0 Å². The molecule has 2 aromatic carbocycles. The van der Waals surface area contributed by atoms with Gasteiger partial charge >= 0.3 is 6.18 Å². The highest BCUT2D eigenvalue weighted by molar-refractivity contribution is 5.98. The Morgan fingerprint density at radius 1 is 1.00 bits per heavy atom. The Balaban J connectivity index is 0.000000344. The van der Waals surface area contributed by atoms with E-state index in [9.17, 15) is 13.2 Å². The zero-order valence-electron chi connectivity index (χ0n) is 27.4. The van der Waals surface area contributed by atoms with Gasteiger partial charge in [0.2, 0.25) is 0 Å². The number of benzene rings is 2. The molecule has 0 aliphatic rings. The zero-order chi connectivity index (χ0) is 33.6. The number of nitrogens with zero attached hydrogens (tertiary/aromatic N) is 5. The number of halogens is 3. The number of aryl methyl sites for hydroxylation is 4. The Bertz CT molecular complexity index is 1630. The molecule has 0 aliphatic heterocycles. The Kier molecular flexibility index (Phi) is 14.5. The van der Waals surface area contributed by atoms with Crippen LogP contribution in [0.25, 0.3) is 22.0 Å². The molecule has 3 heterocycles. The molecular formula is C35H44F3N5O2. The number of hydrogen-bond donors (Lipinski definition) is 0. The van der Waals surface area contributed by atoms with Crippen LogP contribution in [0.3, 0.4) is 0 Å². The van der Waals surface area contributed by atoms with Crippen LogP contribution in [0.1, 0.15) is 68.5 Å². The number of methoxy groups -OCH3 is 1. The summed E-state index contributed by atoms with van der Waals surface area (Å²) >= 11 is 0. The third-order valence-corrected chi connectivity index (χ3v) is 6.36. The molecule has 0 radical (unpaired) electrons. The number of rotatable bonds is 6. The minimum absolute atomic E-state index is 0.153. The van der Waals surface area contributed by atoms with Gasteiger partial charge < -0.3 is 14.1 Å². The highest BCUT2D eigenvalue weighted by Crippen LogP contribution is 2.36. The second-order valence-corrected chi connectivity index (χ2v) is 10.5. The maximum Gasteiger partial charge on any atom is 0.435 e. The summed E-state index contributed by atoms with van der Waals surface area (Å²) in [5.41, 5.74) is 6.54. The number of hydrogen-bond acceptors (Lipinski definition) is 5. The van der Waals surface area contributed by atoms with E-state index in [0.717, 1.165) is 47.0 Å². The van der Waals surface area contributed by atoms with Crippen LogP contribution in [-0.4, -0.2) is 37.7 Å². The van der Waals surface area contributed by atoms with Gasteiger partial charge in [0.1, 0.15) is 17.6 Å². The lowest BCUT2D eigenvalue weighted by Crippen LogP contribution is -2.08. The maximum absolute atomic E-state index is 12.0. The van der Waals surface area contributed by atoms with Crippen LogP contribution in [0.5, 0.6) is 5.75 Å². The number of aromatic nitrogens is 5. The molecule has 0 amide bonds. The number of aldehydes is 1. The molecule has 7 nitrogen and oxygen atoms in total. The topological polar surface area (TPSA) is 74.8 Å². The number of pyridine rings is 1. The third kappa shape index (κ3) is 10.6. The molecule has 0 atom stereocenters. The second kappa shape index (κ2) is 17.7. The molecule has 0 unspecified atom stereocenters. The van der Waals surface area contributed by atoms with Gasteiger partial charge in [-0.3, -0.25) is 9.67 Å². The standard InChI is InChI=1S/C24H25N3O.C6H7F3N2.C3H8.C2H4O/c1-4-5-19-7-6-18(15-27-11-10-25-16-27)14-21(19)20-8-9-26-24-22(20)12-17(2)13-23(24)28-3;1-4-3-11(2)10-5(4)6(7,8)9;1-3-2;1-2-3/h6-14,16H,4-5,15H2,1-3H3;3H,1-2H3;3H2,1-2H3;2H,1H3. The Morgan fingerprint density at radius 3 is 2.20 bits per heavy atom. The fraction of sp³-hybridized carbons (Fsp3) is 0.371. The van der Waals surface area contributed by atoms with Crippen molar-refractivity contribution in [2.75, 3.05) is 7.11 Å². The monoisotopic (exact) mass is 623 g/mol. The van der Waals surface area contributed by atoms with Gasteiger partial charge in [-0.1, -0.05) is 45.7 Å². The summed E-state index contributed by atoms with van der Waals surface area (Å²) in [7, 11) is 3.17. The molecule has 10 heteroatoms. The number of imidazole rings is 1. The lowest BCUT2D eigenvalue weighted by atomic mass is 9.92. The molecule has 0 N–H and O–H groups in total. The summed E-state index contributed by atoms with van der Waals surface area (Å²) in [6.45, 7) is 12.2. The molecule has 3 aromatic heterocycles. The first kappa shape index (κ1) is 36.7. The van der Waals surface area contributed by atoms with Crippen LogP contribution >= 0.6 is 0 Å². The van der Waals surface area contributed by atoms with Gasteiger partial charge in [-0.15, -0.1) is 0 Å². The minimum Gasteiger partial charge on any atom is -0.494 e. The van der Waals surface area contributed by atoms with E-state index in [1.807, 2.05) is 31.0 Å². The Hall–Kier alpha value is -4.47. The van der Waals surface area contributed by atoms with Crippen LogP contribution in [0.15, 0.2) is 67.5 Å². The van der Waals surface area contributed by atoms with Gasteiger partial charge in [0.05, 0.1) is 13.4 Å². The lowest BCUT2D eigenvalue weighted by Gasteiger charge is -2.15. The van der Waals surface area contributed by atoms with Crippen molar-refractivity contribution in [1.29, 1.82) is 0 Å². The fourth-order valence-corrected chi connectivity index (χ4v) is 4.69. The molecule has 45 heavy (non-hydrogen) atoms. The van der Waals surface area contributed by atoms with E-state index in [-0.39, 0.29) is 5.56 Å². The zero-order valence-corrected chi connectivity index (χ0v) is 27.4. The molecule has 0 spiro atoms. The van der Waals surface area contributed by atoms with Gasteiger partial charge in [-0.2, -0.15) is 18.3 Å². The van der Waals surface area contributed by atoms with Gasteiger partial charge in [0, 0.05) is 43.8 Å². The predicted octanol–water partition coefficient (Wildman–Crippen LogP) is 8.78. The molecule has 242 valence electrons. The van der Waals surface area contributed by atoms with Crippen molar-refractivity contribution in [2.45, 2.75) is 73.5 Å². The van der Waals surface area contributed by atoms with Crippen molar-refractivity contribution in [3.05, 3.63) is 95.5 Å². The molecule has 0 saturated heterocycles. The summed E-state index contributed by atoms with van der Waals surface area (Å²) in [5.74, 6) is 0.823. The van der Waals surface area contributed by atoms with E-state index < -0.39 is 11.9 Å². The van der Waals surface area contributed by atoms with E-state index in [4.69, 9.17) is 9.53 Å². The summed E-state index contributed by atoms with van der Waals surface area (Å²) in [4.78, 5) is 17.6. The lowest BCUT2D eigenvalue weighted by molar-refractivity contribution is -0.141. The highest BCUT2D eigenvalue weighted by Gasteiger charge is 2.35. The fourth-order valence-electron chi connectivity index (χ4n) is 4.69. The quantitative estimate of drug-likeness (QED) is 0.177. The number of carbonyl (C=O) groups is 1. The molecule has 0 saturated carbocycles. The first-order valence-electron chi connectivity index (χ1n) is 14.9. The van der Waals surface area contributed by atoms with Crippen LogP contribution in [0, 0.1) is 13.8 Å². The summed E-state index contributed by atoms with van der Waals surface area (Å²) in [6.07, 6.45) is 8.72. The maximum atomic E-state index is 12.0. The van der Waals surface area contributed by atoms with E-state index in [1.165, 1.54) is 61.3 Å². The second-order valence-electron chi connectivity index (χ2n) is 10.5. The summed E-state index contributed by atoms with van der Waals surface area (Å²) in [6, 6.07) is 13.2. The first-order chi connectivity index (χ1) is 21.4. The van der Waals surface area contributed by atoms with Crippen molar-refractivity contribution in [3.63, 3.8) is 0 Å². The van der Waals surface area contributed by atoms with Crippen molar-refractivity contribution in [3.8, 4) is 16.9 Å². The van der Waals surface area contributed by atoms with E-state index in [2.05, 4.69) is 77.7 Å². The van der Waals surface area contributed by atoms with Gasteiger partial charge in [0.15, 0.2) is 5.69 Å². The Morgan fingerprint density at radius 2 is 1.69 bits per heavy atom. The number of alkyl halides is 3. The number of fused-ring (bicyclic) bond motifs is 1. The van der Waals surface area contributed by atoms with E-state index in [1.54, 1.807) is 7.11 Å². The molecular weight excluding hydrogens is 579 g/mol. The predicted molar refractivity (Wildman–Crippen MR) is 174 cm³/mol. The average molecular weight is 624 g/mol. The number of carbonyl (C=O) groups excluding carboxylic acids is 1. The first-order valence-corrected chi connectivity index (χ1v) is 14.9. The Labute approximate surface area is 264 Å². The molecule has 0 bridgehead atoms. The van der Waals surface area contributed by atoms with Crippen molar-refractivity contribution < 1.29 is 22.7 Å². The highest BCUT2D eigenvalue weighted by atomic mass is 19.4. The van der Waals surface area contributed by atoms with Crippen LogP contribution in [0.2, 0.25) is 0 Å². The third-order valence-electron chi connectivity index (χ3n) is 6.36. The van der Waals surface area contributed by atoms with Gasteiger partial charge in [0.25, 0.3) is 0 Å². The van der Waals surface area contributed by atoms with Crippen LogP contribution in [-0.2, 0) is 31.0 Å². The van der Waals surface area contributed by atoms with Crippen molar-refractivity contribution in [2.24, 2.45) is 7.05 Å². The summed E-state index contributed by atoms with van der Waals surface area (Å²) in [5, 5.41) is 4.41.